The fourth-order valence-corrected chi connectivity index (χ4v) is 3.67. The van der Waals surface area contributed by atoms with Crippen molar-refractivity contribution in [2.75, 3.05) is 11.4 Å². The Hall–Kier alpha value is -1.94. The van der Waals surface area contributed by atoms with Gasteiger partial charge < -0.3 is 10.6 Å². The van der Waals surface area contributed by atoms with E-state index in [1.807, 2.05) is 13.8 Å². The third-order valence-electron chi connectivity index (χ3n) is 5.38. The smallest absolute Gasteiger partial charge is 0.226 e. The van der Waals surface area contributed by atoms with Crippen LogP contribution in [0.15, 0.2) is 24.3 Å². The number of hydrogen-bond donors (Lipinski definition) is 1. The van der Waals surface area contributed by atoms with Gasteiger partial charge >= 0.3 is 0 Å². The Morgan fingerprint density at radius 1 is 1.21 bits per heavy atom. The molecule has 0 radical (unpaired) electrons. The molecule has 2 aliphatic rings. The Bertz CT molecular complexity index is 776. The highest BCUT2D eigenvalue weighted by atomic mass is 15.3. The number of anilines is 1. The third kappa shape index (κ3) is 2.59. The number of nitrogens with zero attached hydrogens (tertiary/aromatic N) is 3. The van der Waals surface area contributed by atoms with Gasteiger partial charge in [-0.1, -0.05) is 18.2 Å². The van der Waals surface area contributed by atoms with Gasteiger partial charge in [0.1, 0.15) is 0 Å². The van der Waals surface area contributed by atoms with Crippen LogP contribution < -0.4 is 10.6 Å². The summed E-state index contributed by atoms with van der Waals surface area (Å²) in [6.45, 7) is 7.40. The lowest BCUT2D eigenvalue weighted by atomic mass is 9.92. The molecule has 1 aliphatic carbocycles. The molecule has 0 amide bonds. The average molecular weight is 322 g/mol. The zero-order valence-corrected chi connectivity index (χ0v) is 14.8. The Balaban J connectivity index is 1.83. The maximum Gasteiger partial charge on any atom is 0.226 e. The van der Waals surface area contributed by atoms with Crippen molar-refractivity contribution in [3.63, 3.8) is 0 Å². The van der Waals surface area contributed by atoms with Crippen molar-refractivity contribution in [3.8, 4) is 11.3 Å². The number of rotatable bonds is 3. The molecule has 1 aromatic carbocycles. The molecule has 0 spiro atoms. The van der Waals surface area contributed by atoms with Crippen LogP contribution in [0.5, 0.6) is 0 Å². The molecule has 2 N–H and O–H groups in total. The van der Waals surface area contributed by atoms with Gasteiger partial charge in [-0.2, -0.15) is 0 Å². The normalized spacial score (nSPS) is 20.0. The van der Waals surface area contributed by atoms with Crippen LogP contribution in [0.1, 0.15) is 50.4 Å². The summed E-state index contributed by atoms with van der Waals surface area (Å²) in [5.41, 5.74) is 12.0. The molecule has 24 heavy (non-hydrogen) atoms. The number of nitrogens with two attached hydrogens (primary N) is 1. The second-order valence-electron chi connectivity index (χ2n) is 7.78. The molecule has 0 saturated carbocycles. The predicted octanol–water partition coefficient (Wildman–Crippen LogP) is 3.42. The average Bonchev–Trinajstić information content (AvgIpc) is 3.00. The van der Waals surface area contributed by atoms with E-state index in [1.54, 1.807) is 0 Å². The van der Waals surface area contributed by atoms with Gasteiger partial charge in [0, 0.05) is 34.9 Å². The van der Waals surface area contributed by atoms with Crippen molar-refractivity contribution < 1.29 is 0 Å². The Morgan fingerprint density at radius 3 is 2.71 bits per heavy atom. The molecular formula is C20H26N4. The number of aryl methyl sites for hydroxylation is 1. The second kappa shape index (κ2) is 5.55. The highest BCUT2D eigenvalue weighted by molar-refractivity contribution is 5.67. The third-order valence-corrected chi connectivity index (χ3v) is 5.38. The molecule has 0 unspecified atom stereocenters. The minimum atomic E-state index is -0.346. The monoisotopic (exact) mass is 322 g/mol. The van der Waals surface area contributed by atoms with Crippen LogP contribution in [0, 0.1) is 0 Å². The molecule has 126 valence electrons. The van der Waals surface area contributed by atoms with E-state index in [4.69, 9.17) is 15.7 Å². The fourth-order valence-electron chi connectivity index (χ4n) is 3.67. The molecule has 2 aromatic rings. The van der Waals surface area contributed by atoms with E-state index in [0.29, 0.717) is 6.04 Å². The lowest BCUT2D eigenvalue weighted by molar-refractivity contribution is 0.470. The lowest BCUT2D eigenvalue weighted by Crippen LogP contribution is -2.46. The van der Waals surface area contributed by atoms with E-state index >= 15 is 0 Å². The zero-order valence-electron chi connectivity index (χ0n) is 14.8. The maximum absolute atomic E-state index is 6.30. The summed E-state index contributed by atoms with van der Waals surface area (Å²) in [5.74, 6) is 0.904. The minimum absolute atomic E-state index is 0.346. The molecule has 2 heterocycles. The van der Waals surface area contributed by atoms with Crippen molar-refractivity contribution in [2.45, 2.75) is 58.0 Å². The molecule has 1 saturated heterocycles. The molecule has 4 nitrogen and oxygen atoms in total. The largest absolute Gasteiger partial charge is 0.338 e. The van der Waals surface area contributed by atoms with E-state index in [9.17, 15) is 0 Å². The van der Waals surface area contributed by atoms with Crippen LogP contribution in [0.3, 0.4) is 0 Å². The van der Waals surface area contributed by atoms with Crippen LogP contribution >= 0.6 is 0 Å². The van der Waals surface area contributed by atoms with Gasteiger partial charge in [-0.25, -0.2) is 9.97 Å². The number of benzene rings is 1. The minimum Gasteiger partial charge on any atom is -0.338 e. The molecule has 1 aliphatic heterocycles. The zero-order chi connectivity index (χ0) is 16.9. The first kappa shape index (κ1) is 15.6. The van der Waals surface area contributed by atoms with Crippen molar-refractivity contribution >= 4 is 5.95 Å². The summed E-state index contributed by atoms with van der Waals surface area (Å²) < 4.78 is 0. The lowest BCUT2D eigenvalue weighted by Gasteiger charge is -2.39. The first-order valence-electron chi connectivity index (χ1n) is 9.00. The van der Waals surface area contributed by atoms with Crippen LogP contribution in [-0.4, -0.2) is 22.6 Å². The summed E-state index contributed by atoms with van der Waals surface area (Å²) in [4.78, 5) is 12.2. The summed E-state index contributed by atoms with van der Waals surface area (Å²) >= 11 is 0. The molecular weight excluding hydrogens is 296 g/mol. The Kier molecular flexibility index (Phi) is 3.61. The highest BCUT2D eigenvalue weighted by Gasteiger charge is 2.29. The molecule has 4 rings (SSSR count). The van der Waals surface area contributed by atoms with Crippen LogP contribution in [0.2, 0.25) is 0 Å². The van der Waals surface area contributed by atoms with E-state index in [0.717, 1.165) is 36.6 Å². The quantitative estimate of drug-likeness (QED) is 0.940. The van der Waals surface area contributed by atoms with Gasteiger partial charge in [0.05, 0.1) is 5.69 Å². The molecule has 1 fully saturated rings. The first-order valence-corrected chi connectivity index (χ1v) is 9.00. The fraction of sp³-hybridized carbons (Fsp3) is 0.500. The summed E-state index contributed by atoms with van der Waals surface area (Å²) in [5, 5.41) is 0. The van der Waals surface area contributed by atoms with E-state index in [-0.39, 0.29) is 5.54 Å². The van der Waals surface area contributed by atoms with Gasteiger partial charge in [-0.3, -0.25) is 0 Å². The number of hydrogen-bond acceptors (Lipinski definition) is 4. The van der Waals surface area contributed by atoms with Crippen molar-refractivity contribution in [2.24, 2.45) is 5.73 Å². The first-order chi connectivity index (χ1) is 11.4. The summed E-state index contributed by atoms with van der Waals surface area (Å²) in [7, 11) is 0. The van der Waals surface area contributed by atoms with Crippen molar-refractivity contribution in [1.29, 1.82) is 0 Å². The van der Waals surface area contributed by atoms with Gasteiger partial charge in [-0.05, 0) is 58.1 Å². The standard InChI is InChI=1S/C20H26N4/c1-13-10-11-24(13)19-22-17-9-5-8-16(17)18(23-19)14-6-4-7-15(12-14)20(2,3)21/h4,6-7,12-13H,5,8-11,21H2,1-3H3/t13-/m0/s1. The summed E-state index contributed by atoms with van der Waals surface area (Å²) in [6.07, 6.45) is 4.56. The van der Waals surface area contributed by atoms with E-state index in [2.05, 4.69) is 36.1 Å². The topological polar surface area (TPSA) is 55.0 Å². The van der Waals surface area contributed by atoms with E-state index in [1.165, 1.54) is 29.7 Å². The van der Waals surface area contributed by atoms with Crippen LogP contribution in [-0.2, 0) is 18.4 Å². The van der Waals surface area contributed by atoms with Gasteiger partial charge in [0.15, 0.2) is 0 Å². The molecule has 4 heteroatoms. The highest BCUT2D eigenvalue weighted by Crippen LogP contribution is 2.34. The Morgan fingerprint density at radius 2 is 2.04 bits per heavy atom. The number of fused-ring (bicyclic) bond motifs is 1. The van der Waals surface area contributed by atoms with Gasteiger partial charge in [-0.15, -0.1) is 0 Å². The van der Waals surface area contributed by atoms with Crippen LogP contribution in [0.25, 0.3) is 11.3 Å². The molecule has 1 atom stereocenters. The van der Waals surface area contributed by atoms with Gasteiger partial charge in [0.25, 0.3) is 0 Å². The second-order valence-corrected chi connectivity index (χ2v) is 7.78. The molecule has 1 aromatic heterocycles. The van der Waals surface area contributed by atoms with Crippen molar-refractivity contribution in [3.05, 3.63) is 41.1 Å². The van der Waals surface area contributed by atoms with E-state index < -0.39 is 0 Å². The van der Waals surface area contributed by atoms with Crippen molar-refractivity contribution in [1.82, 2.24) is 9.97 Å². The number of aromatic nitrogens is 2. The predicted molar refractivity (Wildman–Crippen MR) is 98.1 cm³/mol. The summed E-state index contributed by atoms with van der Waals surface area (Å²) in [6, 6.07) is 9.09. The van der Waals surface area contributed by atoms with Gasteiger partial charge in [0.2, 0.25) is 5.95 Å². The van der Waals surface area contributed by atoms with Crippen LogP contribution in [0.4, 0.5) is 5.95 Å². The SMILES string of the molecule is C[C@H]1CCN1c1nc2c(c(-c3cccc(C(C)(C)N)c3)n1)CCC2. The maximum atomic E-state index is 6.30. The Labute approximate surface area is 144 Å². The molecule has 0 bridgehead atoms.